The van der Waals surface area contributed by atoms with Gasteiger partial charge in [-0.15, -0.1) is 0 Å². The molecule has 228 valence electrons. The first-order valence-electron chi connectivity index (χ1n) is 14.6. The van der Waals surface area contributed by atoms with E-state index in [0.29, 0.717) is 65.0 Å². The number of thiazole rings is 1. The van der Waals surface area contributed by atoms with E-state index in [1.165, 1.54) is 16.2 Å². The Kier molecular flexibility index (Phi) is 7.94. The van der Waals surface area contributed by atoms with Crippen molar-refractivity contribution in [3.63, 3.8) is 0 Å². The smallest absolute Gasteiger partial charge is 0.301 e. The molecule has 2 aliphatic heterocycles. The fourth-order valence-corrected chi connectivity index (χ4v) is 6.70. The highest BCUT2D eigenvalue weighted by atomic mass is 32.1. The van der Waals surface area contributed by atoms with E-state index in [-0.39, 0.29) is 11.3 Å². The average molecular weight is 615 g/mol. The fourth-order valence-electron chi connectivity index (χ4n) is 5.53. The zero-order valence-corrected chi connectivity index (χ0v) is 26.1. The molecule has 2 aliphatic rings. The molecule has 0 spiro atoms. The summed E-state index contributed by atoms with van der Waals surface area (Å²) in [6.07, 6.45) is 0.872. The van der Waals surface area contributed by atoms with Crippen molar-refractivity contribution < 1.29 is 33.6 Å². The minimum absolute atomic E-state index is 0.0608. The fraction of sp³-hybridized carbons (Fsp3) is 0.324. The lowest BCUT2D eigenvalue weighted by Crippen LogP contribution is -2.29. The molecule has 1 N–H and O–H groups in total. The van der Waals surface area contributed by atoms with Gasteiger partial charge in [0, 0.05) is 5.56 Å². The topological polar surface area (TPSA) is 107 Å². The summed E-state index contributed by atoms with van der Waals surface area (Å²) in [5, 5.41) is 12.0. The van der Waals surface area contributed by atoms with Crippen LogP contribution in [0.3, 0.4) is 0 Å². The van der Waals surface area contributed by atoms with E-state index < -0.39 is 17.7 Å². The third kappa shape index (κ3) is 5.34. The Hall–Kier alpha value is -4.57. The van der Waals surface area contributed by atoms with Crippen LogP contribution in [0, 0.1) is 19.8 Å². The molecule has 0 unspecified atom stereocenters. The van der Waals surface area contributed by atoms with Crippen molar-refractivity contribution in [2.75, 3.05) is 31.8 Å². The van der Waals surface area contributed by atoms with E-state index in [2.05, 4.69) is 13.8 Å². The lowest BCUT2D eigenvalue weighted by Gasteiger charge is -2.24. The van der Waals surface area contributed by atoms with E-state index in [4.69, 9.17) is 23.9 Å². The summed E-state index contributed by atoms with van der Waals surface area (Å²) in [6, 6.07) is 13.3. The molecule has 0 radical (unpaired) electrons. The Morgan fingerprint density at radius 2 is 1.82 bits per heavy atom. The summed E-state index contributed by atoms with van der Waals surface area (Å²) in [5.41, 5.74) is 3.62. The first-order valence-corrected chi connectivity index (χ1v) is 15.4. The molecule has 1 fully saturated rings. The van der Waals surface area contributed by atoms with Crippen molar-refractivity contribution in [3.8, 4) is 23.0 Å². The normalized spacial score (nSPS) is 17.5. The van der Waals surface area contributed by atoms with Crippen LogP contribution in [0.1, 0.15) is 48.6 Å². The van der Waals surface area contributed by atoms with Gasteiger partial charge in [-0.2, -0.15) is 0 Å². The molecular formula is C34H34N2O7S. The number of carbonyl (C=O) groups excluding carboxylic acids is 2. The molecule has 3 heterocycles. The number of nitrogens with zero attached hydrogens (tertiary/aromatic N) is 2. The van der Waals surface area contributed by atoms with Crippen LogP contribution >= 0.6 is 11.3 Å². The molecule has 6 rings (SSSR count). The zero-order valence-electron chi connectivity index (χ0n) is 25.3. The van der Waals surface area contributed by atoms with Crippen molar-refractivity contribution in [2.24, 2.45) is 5.92 Å². The molecule has 0 bridgehead atoms. The van der Waals surface area contributed by atoms with Gasteiger partial charge in [-0.25, -0.2) is 4.98 Å². The van der Waals surface area contributed by atoms with Crippen LogP contribution in [0.15, 0.2) is 54.1 Å². The summed E-state index contributed by atoms with van der Waals surface area (Å²) in [6.45, 7) is 9.52. The first-order chi connectivity index (χ1) is 21.2. The van der Waals surface area contributed by atoms with Gasteiger partial charge in [-0.05, 0) is 79.3 Å². The number of benzene rings is 3. The monoisotopic (exact) mass is 614 g/mol. The van der Waals surface area contributed by atoms with Crippen molar-refractivity contribution in [1.82, 2.24) is 4.98 Å². The van der Waals surface area contributed by atoms with Crippen molar-refractivity contribution in [2.45, 2.75) is 40.2 Å². The molecule has 4 aromatic rings. The van der Waals surface area contributed by atoms with Crippen LogP contribution in [0.2, 0.25) is 0 Å². The number of ether oxygens (including phenoxy) is 4. The number of rotatable bonds is 8. The highest BCUT2D eigenvalue weighted by Crippen LogP contribution is 2.47. The molecule has 1 saturated heterocycles. The van der Waals surface area contributed by atoms with Crippen LogP contribution < -0.4 is 23.8 Å². The lowest BCUT2D eigenvalue weighted by molar-refractivity contribution is -0.132. The van der Waals surface area contributed by atoms with E-state index >= 15 is 0 Å². The Morgan fingerprint density at radius 1 is 1.05 bits per heavy atom. The number of Topliss-reactive ketones (excluding diaryl/α,β-unsaturated/α-hetero) is 1. The standard InChI is InChI=1S/C34H34N2O7S/c1-18(2)10-11-41-23-8-6-21(16-25(23)40-5)30-28(31(37)22-7-9-24-26(17-22)43-13-12-42-24)32(38)33(39)36(30)34-35-29-20(4)14-19(3)15-27(29)44-34/h6-9,14-18,30,37H,10-13H2,1-5H3/t30-/m1/s1. The Bertz CT molecular complexity index is 1810. The maximum atomic E-state index is 13.8. The molecule has 1 aromatic heterocycles. The van der Waals surface area contributed by atoms with E-state index in [1.54, 1.807) is 43.5 Å². The number of aliphatic hydroxyl groups is 1. The second-order valence-corrected chi connectivity index (χ2v) is 12.4. The Morgan fingerprint density at radius 3 is 2.57 bits per heavy atom. The molecule has 1 amide bonds. The van der Waals surface area contributed by atoms with Crippen molar-refractivity contribution >= 4 is 44.1 Å². The molecule has 1 atom stereocenters. The van der Waals surface area contributed by atoms with Crippen LogP contribution in [0.4, 0.5) is 5.13 Å². The first kappa shape index (κ1) is 29.5. The number of ketones is 1. The number of aromatic nitrogens is 1. The highest BCUT2D eigenvalue weighted by Gasteiger charge is 2.48. The lowest BCUT2D eigenvalue weighted by atomic mass is 9.95. The summed E-state index contributed by atoms with van der Waals surface area (Å²) in [4.78, 5) is 33.8. The molecule has 3 aromatic carbocycles. The van der Waals surface area contributed by atoms with Crippen molar-refractivity contribution in [1.29, 1.82) is 0 Å². The summed E-state index contributed by atoms with van der Waals surface area (Å²) < 4.78 is 23.9. The van der Waals surface area contributed by atoms with Gasteiger partial charge in [0.05, 0.1) is 35.5 Å². The molecular weight excluding hydrogens is 580 g/mol. The summed E-state index contributed by atoms with van der Waals surface area (Å²) in [5.74, 6) is 0.553. The van der Waals surface area contributed by atoms with Gasteiger partial charge in [0.1, 0.15) is 19.0 Å². The van der Waals surface area contributed by atoms with Crippen LogP contribution in [-0.2, 0) is 9.59 Å². The second-order valence-electron chi connectivity index (χ2n) is 11.4. The van der Waals surface area contributed by atoms with Gasteiger partial charge in [0.2, 0.25) is 0 Å². The number of amides is 1. The summed E-state index contributed by atoms with van der Waals surface area (Å²) >= 11 is 1.33. The molecule has 0 aliphatic carbocycles. The number of hydrogen-bond acceptors (Lipinski definition) is 9. The van der Waals surface area contributed by atoms with E-state index in [1.807, 2.05) is 26.0 Å². The molecule has 10 heteroatoms. The maximum absolute atomic E-state index is 13.8. The van der Waals surface area contributed by atoms with Crippen LogP contribution in [0.5, 0.6) is 23.0 Å². The number of carbonyl (C=O) groups is 2. The van der Waals surface area contributed by atoms with Crippen LogP contribution in [0.25, 0.3) is 16.0 Å². The van der Waals surface area contributed by atoms with Crippen LogP contribution in [-0.4, -0.2) is 48.7 Å². The quantitative estimate of drug-likeness (QED) is 0.132. The summed E-state index contributed by atoms with van der Waals surface area (Å²) in [7, 11) is 1.54. The largest absolute Gasteiger partial charge is 0.507 e. The number of anilines is 1. The number of aliphatic hydroxyl groups excluding tert-OH is 1. The molecule has 44 heavy (non-hydrogen) atoms. The van der Waals surface area contributed by atoms with Gasteiger partial charge >= 0.3 is 5.91 Å². The molecule has 0 saturated carbocycles. The third-order valence-electron chi connectivity index (χ3n) is 7.74. The van der Waals surface area contributed by atoms with Crippen molar-refractivity contribution in [3.05, 3.63) is 76.4 Å². The zero-order chi connectivity index (χ0) is 31.1. The number of hydrogen-bond donors (Lipinski definition) is 1. The highest BCUT2D eigenvalue weighted by molar-refractivity contribution is 7.22. The van der Waals surface area contributed by atoms with E-state index in [0.717, 1.165) is 27.8 Å². The molecule has 9 nitrogen and oxygen atoms in total. The van der Waals surface area contributed by atoms with Gasteiger partial charge in [-0.1, -0.05) is 37.3 Å². The second kappa shape index (κ2) is 11.8. The SMILES string of the molecule is COc1cc([C@@H]2C(=C(O)c3ccc4c(c3)OCCO4)C(=O)C(=O)N2c2nc3c(C)cc(C)cc3s2)ccc1OCCC(C)C. The minimum atomic E-state index is -0.983. The Labute approximate surface area is 259 Å². The van der Waals surface area contributed by atoms with Gasteiger partial charge < -0.3 is 24.1 Å². The maximum Gasteiger partial charge on any atom is 0.301 e. The van der Waals surface area contributed by atoms with E-state index in [9.17, 15) is 14.7 Å². The third-order valence-corrected chi connectivity index (χ3v) is 8.74. The van der Waals surface area contributed by atoms with Gasteiger partial charge in [0.25, 0.3) is 5.78 Å². The van der Waals surface area contributed by atoms with Gasteiger partial charge in [-0.3, -0.25) is 14.5 Å². The number of aryl methyl sites for hydroxylation is 2. The Balaban J connectivity index is 1.51. The van der Waals surface area contributed by atoms with Gasteiger partial charge in [0.15, 0.2) is 28.1 Å². The predicted octanol–water partition coefficient (Wildman–Crippen LogP) is 6.74. The number of fused-ring (bicyclic) bond motifs is 2. The minimum Gasteiger partial charge on any atom is -0.507 e. The predicted molar refractivity (Wildman–Crippen MR) is 169 cm³/mol. The number of methoxy groups -OCH3 is 1. The average Bonchev–Trinajstić information content (AvgIpc) is 3.54.